The smallest absolute Gasteiger partial charge is 0.214 e. The maximum atomic E-state index is 6.45. The van der Waals surface area contributed by atoms with Gasteiger partial charge in [0.2, 0.25) is 7.98 Å². The molecule has 31 heavy (non-hydrogen) atoms. The number of aromatic nitrogens is 2. The van der Waals surface area contributed by atoms with Gasteiger partial charge >= 0.3 is 0 Å². The SMILES string of the molecule is BNC(=C)c1nc(-c2cccc(C)c2)n(-c2cc(Cl)ccc2C)c1-c1cccc(C)c1. The van der Waals surface area contributed by atoms with Crippen molar-refractivity contribution in [1.82, 2.24) is 14.8 Å². The van der Waals surface area contributed by atoms with E-state index in [-0.39, 0.29) is 0 Å². The third-order valence-electron chi connectivity index (χ3n) is 5.44. The van der Waals surface area contributed by atoms with Gasteiger partial charge in [0.1, 0.15) is 11.5 Å². The fourth-order valence-corrected chi connectivity index (χ4v) is 4.01. The molecule has 5 heteroatoms. The zero-order valence-electron chi connectivity index (χ0n) is 18.3. The first-order chi connectivity index (χ1) is 14.9. The number of imidazole rings is 1. The van der Waals surface area contributed by atoms with Gasteiger partial charge in [-0.05, 0) is 50.6 Å². The predicted molar refractivity (Wildman–Crippen MR) is 134 cm³/mol. The summed E-state index contributed by atoms with van der Waals surface area (Å²) in [6.45, 7) is 10.5. The number of nitrogens with zero attached hydrogens (tertiary/aromatic N) is 2. The van der Waals surface area contributed by atoms with Gasteiger partial charge in [0.15, 0.2) is 0 Å². The number of hydrogen-bond donors (Lipinski definition) is 1. The molecule has 0 aliphatic heterocycles. The molecule has 4 aromatic rings. The number of benzene rings is 3. The van der Waals surface area contributed by atoms with Gasteiger partial charge < -0.3 is 5.23 Å². The van der Waals surface area contributed by atoms with Gasteiger partial charge in [-0.2, -0.15) is 0 Å². The van der Waals surface area contributed by atoms with Crippen molar-refractivity contribution in [3.8, 4) is 28.3 Å². The van der Waals surface area contributed by atoms with Crippen molar-refractivity contribution in [2.45, 2.75) is 20.8 Å². The van der Waals surface area contributed by atoms with E-state index in [9.17, 15) is 0 Å². The average molecular weight is 426 g/mol. The van der Waals surface area contributed by atoms with Gasteiger partial charge in [0.05, 0.1) is 11.4 Å². The number of nitrogens with one attached hydrogen (secondary N) is 1. The first-order valence-corrected chi connectivity index (χ1v) is 10.7. The summed E-state index contributed by atoms with van der Waals surface area (Å²) in [4.78, 5) is 5.10. The zero-order valence-corrected chi connectivity index (χ0v) is 19.1. The Morgan fingerprint density at radius 1 is 0.935 bits per heavy atom. The number of halogens is 1. The molecule has 1 heterocycles. The first-order valence-electron chi connectivity index (χ1n) is 10.3. The summed E-state index contributed by atoms with van der Waals surface area (Å²) in [6, 6.07) is 22.9. The average Bonchev–Trinajstić information content (AvgIpc) is 3.15. The molecule has 0 saturated heterocycles. The van der Waals surface area contributed by atoms with E-state index in [2.05, 4.69) is 85.7 Å². The number of hydrogen-bond acceptors (Lipinski definition) is 2. The quantitative estimate of drug-likeness (QED) is 0.404. The second kappa shape index (κ2) is 8.48. The van der Waals surface area contributed by atoms with Gasteiger partial charge in [0.25, 0.3) is 0 Å². The van der Waals surface area contributed by atoms with Crippen LogP contribution in [0.25, 0.3) is 34.0 Å². The third-order valence-corrected chi connectivity index (χ3v) is 5.68. The largest absolute Gasteiger partial charge is 0.433 e. The third kappa shape index (κ3) is 4.04. The number of rotatable bonds is 5. The molecule has 3 aromatic carbocycles. The lowest BCUT2D eigenvalue weighted by Crippen LogP contribution is -2.08. The van der Waals surface area contributed by atoms with Crippen molar-refractivity contribution in [2.75, 3.05) is 0 Å². The van der Waals surface area contributed by atoms with Crippen LogP contribution in [0.1, 0.15) is 22.4 Å². The van der Waals surface area contributed by atoms with Crippen LogP contribution in [0.2, 0.25) is 5.02 Å². The van der Waals surface area contributed by atoms with E-state index in [1.54, 1.807) is 0 Å². The van der Waals surface area contributed by atoms with Gasteiger partial charge in [0, 0.05) is 21.8 Å². The van der Waals surface area contributed by atoms with Crippen LogP contribution in [0, 0.1) is 20.8 Å². The first kappa shape index (κ1) is 21.0. The fraction of sp³-hybridized carbons (Fsp3) is 0.115. The number of aryl methyl sites for hydroxylation is 3. The molecule has 0 spiro atoms. The molecule has 0 unspecified atom stereocenters. The Bertz CT molecular complexity index is 1290. The Labute approximate surface area is 189 Å². The minimum Gasteiger partial charge on any atom is -0.433 e. The molecule has 1 N–H and O–H groups in total. The van der Waals surface area contributed by atoms with E-state index in [0.717, 1.165) is 45.3 Å². The Kier molecular flexibility index (Phi) is 5.75. The normalized spacial score (nSPS) is 10.8. The summed E-state index contributed by atoms with van der Waals surface area (Å²) in [6.07, 6.45) is 0. The van der Waals surface area contributed by atoms with Crippen molar-refractivity contribution in [3.05, 3.63) is 101 Å². The van der Waals surface area contributed by atoms with Crippen LogP contribution in [-0.4, -0.2) is 17.5 Å². The molecule has 0 atom stereocenters. The molecule has 4 rings (SSSR count). The maximum Gasteiger partial charge on any atom is 0.214 e. The van der Waals surface area contributed by atoms with Crippen LogP contribution < -0.4 is 5.23 Å². The Balaban J connectivity index is 2.16. The van der Waals surface area contributed by atoms with Crippen molar-refractivity contribution in [1.29, 1.82) is 0 Å². The zero-order chi connectivity index (χ0) is 22.1. The summed E-state index contributed by atoms with van der Waals surface area (Å²) in [5.74, 6) is 0.858. The van der Waals surface area contributed by atoms with Crippen molar-refractivity contribution >= 4 is 25.3 Å². The molecule has 0 radical (unpaired) electrons. The van der Waals surface area contributed by atoms with Gasteiger partial charge in [-0.1, -0.05) is 71.8 Å². The molecule has 0 aliphatic rings. The fourth-order valence-electron chi connectivity index (χ4n) is 3.84. The molecule has 0 bridgehead atoms. The minimum absolute atomic E-state index is 0.689. The van der Waals surface area contributed by atoms with Crippen LogP contribution in [-0.2, 0) is 0 Å². The van der Waals surface area contributed by atoms with Crippen molar-refractivity contribution in [3.63, 3.8) is 0 Å². The van der Waals surface area contributed by atoms with Gasteiger partial charge in [-0.3, -0.25) is 4.57 Å². The Morgan fingerprint density at radius 3 is 2.23 bits per heavy atom. The van der Waals surface area contributed by atoms with E-state index >= 15 is 0 Å². The second-order valence-corrected chi connectivity index (χ2v) is 8.30. The summed E-state index contributed by atoms with van der Waals surface area (Å²) >= 11 is 6.45. The molecule has 0 amide bonds. The molecule has 0 aliphatic carbocycles. The lowest BCUT2D eigenvalue weighted by atomic mass is 10.0. The van der Waals surface area contributed by atoms with Crippen LogP contribution in [0.3, 0.4) is 0 Å². The molecule has 154 valence electrons. The van der Waals surface area contributed by atoms with Crippen molar-refractivity contribution in [2.24, 2.45) is 0 Å². The predicted octanol–water partition coefficient (Wildman–Crippen LogP) is 5.89. The van der Waals surface area contributed by atoms with Crippen molar-refractivity contribution < 1.29 is 0 Å². The molecule has 0 fully saturated rings. The maximum absolute atomic E-state index is 6.45. The van der Waals surface area contributed by atoms with Gasteiger partial charge in [-0.15, -0.1) is 0 Å². The Morgan fingerprint density at radius 2 is 1.58 bits per heavy atom. The lowest BCUT2D eigenvalue weighted by molar-refractivity contribution is 1.05. The topological polar surface area (TPSA) is 29.9 Å². The monoisotopic (exact) mass is 425 g/mol. The molecule has 1 aromatic heterocycles. The summed E-state index contributed by atoms with van der Waals surface area (Å²) in [5, 5.41) is 3.88. The molecule has 3 nitrogen and oxygen atoms in total. The highest BCUT2D eigenvalue weighted by Gasteiger charge is 2.23. The van der Waals surface area contributed by atoms with Gasteiger partial charge in [-0.25, -0.2) is 4.98 Å². The lowest BCUT2D eigenvalue weighted by Gasteiger charge is -2.17. The molecular weight excluding hydrogens is 401 g/mol. The highest BCUT2D eigenvalue weighted by Crippen LogP contribution is 2.37. The molecular formula is C26H25BClN3. The molecule has 0 saturated carbocycles. The summed E-state index contributed by atoms with van der Waals surface area (Å²) in [5.41, 5.74) is 9.19. The Hall–Kier alpha value is -3.24. The second-order valence-electron chi connectivity index (χ2n) is 7.87. The van der Waals surface area contributed by atoms with E-state index in [1.807, 2.05) is 26.2 Å². The minimum atomic E-state index is 0.689. The summed E-state index contributed by atoms with van der Waals surface area (Å²) < 4.78 is 2.21. The van der Waals surface area contributed by atoms with Crippen LogP contribution in [0.15, 0.2) is 73.3 Å². The standard InChI is InChI=1S/C26H25BClN3/c1-16-7-5-9-20(13-16)25-24(19(4)30-27)29-26(21-10-6-8-17(2)14-21)31(25)23-15-22(28)12-11-18(23)3/h5-15,30H,4,27H2,1-3H3. The van der Waals surface area contributed by atoms with E-state index in [4.69, 9.17) is 16.6 Å². The van der Waals surface area contributed by atoms with Crippen LogP contribution in [0.4, 0.5) is 0 Å². The highest BCUT2D eigenvalue weighted by molar-refractivity contribution is 6.30. The van der Waals surface area contributed by atoms with E-state index in [1.165, 1.54) is 11.1 Å². The van der Waals surface area contributed by atoms with E-state index < -0.39 is 0 Å². The van der Waals surface area contributed by atoms with Crippen LogP contribution >= 0.6 is 11.6 Å². The summed E-state index contributed by atoms with van der Waals surface area (Å²) in [7, 11) is 1.87. The highest BCUT2D eigenvalue weighted by atomic mass is 35.5. The van der Waals surface area contributed by atoms with Crippen LogP contribution in [0.5, 0.6) is 0 Å². The van der Waals surface area contributed by atoms with E-state index in [0.29, 0.717) is 5.02 Å².